The SMILES string of the molecule is CCC1CN(c2nccnc2Cl)CCO1. The van der Waals surface area contributed by atoms with Crippen molar-refractivity contribution in [3.05, 3.63) is 17.5 Å². The van der Waals surface area contributed by atoms with Gasteiger partial charge in [-0.3, -0.25) is 0 Å². The summed E-state index contributed by atoms with van der Waals surface area (Å²) in [5.74, 6) is 0.765. The Kier molecular flexibility index (Phi) is 3.38. The first kappa shape index (κ1) is 10.6. The quantitative estimate of drug-likeness (QED) is 0.772. The molecule has 0 aliphatic carbocycles. The lowest BCUT2D eigenvalue weighted by Gasteiger charge is -2.33. The van der Waals surface area contributed by atoms with Crippen molar-refractivity contribution in [2.75, 3.05) is 24.6 Å². The van der Waals surface area contributed by atoms with Crippen LogP contribution in [0.5, 0.6) is 0 Å². The van der Waals surface area contributed by atoms with Crippen molar-refractivity contribution < 1.29 is 4.74 Å². The molecule has 15 heavy (non-hydrogen) atoms. The third-order valence-electron chi connectivity index (χ3n) is 2.53. The van der Waals surface area contributed by atoms with E-state index in [1.165, 1.54) is 0 Å². The first-order valence-electron chi connectivity index (χ1n) is 5.14. The summed E-state index contributed by atoms with van der Waals surface area (Å²) in [6.45, 7) is 4.52. The van der Waals surface area contributed by atoms with Crippen LogP contribution in [0.2, 0.25) is 5.15 Å². The molecule has 0 amide bonds. The normalized spacial score (nSPS) is 21.7. The summed E-state index contributed by atoms with van der Waals surface area (Å²) in [6.07, 6.45) is 4.55. The van der Waals surface area contributed by atoms with Crippen molar-refractivity contribution in [3.8, 4) is 0 Å². The minimum Gasteiger partial charge on any atom is -0.375 e. The summed E-state index contributed by atoms with van der Waals surface area (Å²) >= 11 is 5.99. The Labute approximate surface area is 94.2 Å². The van der Waals surface area contributed by atoms with E-state index in [0.717, 1.165) is 31.9 Å². The number of morpholine rings is 1. The molecular formula is C10H14ClN3O. The van der Waals surface area contributed by atoms with E-state index >= 15 is 0 Å². The molecular weight excluding hydrogens is 214 g/mol. The second-order valence-electron chi connectivity index (χ2n) is 3.52. The Bertz CT molecular complexity index is 334. The minimum absolute atomic E-state index is 0.275. The lowest BCUT2D eigenvalue weighted by atomic mass is 10.2. The van der Waals surface area contributed by atoms with Crippen molar-refractivity contribution >= 4 is 17.4 Å². The molecule has 1 aliphatic rings. The molecule has 0 aromatic carbocycles. The first-order chi connectivity index (χ1) is 7.31. The zero-order valence-corrected chi connectivity index (χ0v) is 9.44. The van der Waals surface area contributed by atoms with E-state index in [2.05, 4.69) is 21.8 Å². The minimum atomic E-state index is 0.275. The molecule has 1 fully saturated rings. The average molecular weight is 228 g/mol. The summed E-state index contributed by atoms with van der Waals surface area (Å²) in [7, 11) is 0. The highest BCUT2D eigenvalue weighted by Crippen LogP contribution is 2.22. The van der Waals surface area contributed by atoms with Crippen LogP contribution < -0.4 is 4.90 Å². The highest BCUT2D eigenvalue weighted by molar-refractivity contribution is 6.31. The van der Waals surface area contributed by atoms with Crippen molar-refractivity contribution in [2.45, 2.75) is 19.4 Å². The van der Waals surface area contributed by atoms with Gasteiger partial charge >= 0.3 is 0 Å². The van der Waals surface area contributed by atoms with E-state index in [1.807, 2.05) is 0 Å². The molecule has 4 nitrogen and oxygen atoms in total. The van der Waals surface area contributed by atoms with Crippen LogP contribution in [0.4, 0.5) is 5.82 Å². The molecule has 1 atom stereocenters. The number of anilines is 1. The fourth-order valence-corrected chi connectivity index (χ4v) is 1.91. The monoisotopic (exact) mass is 227 g/mol. The van der Waals surface area contributed by atoms with Gasteiger partial charge in [0.2, 0.25) is 0 Å². The number of hydrogen-bond donors (Lipinski definition) is 0. The lowest BCUT2D eigenvalue weighted by Crippen LogP contribution is -2.42. The van der Waals surface area contributed by atoms with Crippen molar-refractivity contribution in [3.63, 3.8) is 0 Å². The van der Waals surface area contributed by atoms with Crippen LogP contribution in [-0.4, -0.2) is 35.8 Å². The zero-order chi connectivity index (χ0) is 10.7. The summed E-state index contributed by atoms with van der Waals surface area (Å²) < 4.78 is 5.59. The van der Waals surface area contributed by atoms with Crippen molar-refractivity contribution in [1.29, 1.82) is 0 Å². The topological polar surface area (TPSA) is 38.2 Å². The molecule has 0 saturated carbocycles. The van der Waals surface area contributed by atoms with Gasteiger partial charge in [0.25, 0.3) is 0 Å². The Hall–Kier alpha value is -0.870. The predicted octanol–water partition coefficient (Wildman–Crippen LogP) is 1.75. The molecule has 2 rings (SSSR count). The Morgan fingerprint density at radius 1 is 1.53 bits per heavy atom. The number of nitrogens with zero attached hydrogens (tertiary/aromatic N) is 3. The summed E-state index contributed by atoms with van der Waals surface area (Å²) in [5, 5.41) is 0.467. The first-order valence-corrected chi connectivity index (χ1v) is 5.52. The Balaban J connectivity index is 2.13. The van der Waals surface area contributed by atoms with Gasteiger partial charge in [0.15, 0.2) is 11.0 Å². The van der Waals surface area contributed by atoms with Crippen LogP contribution in [0.25, 0.3) is 0 Å². The van der Waals surface area contributed by atoms with Crippen LogP contribution in [0.3, 0.4) is 0 Å². The van der Waals surface area contributed by atoms with Crippen LogP contribution >= 0.6 is 11.6 Å². The van der Waals surface area contributed by atoms with Gasteiger partial charge in [0.1, 0.15) is 0 Å². The van der Waals surface area contributed by atoms with Crippen LogP contribution in [-0.2, 0) is 4.74 Å². The molecule has 0 spiro atoms. The van der Waals surface area contributed by atoms with E-state index in [-0.39, 0.29) is 6.10 Å². The molecule has 1 saturated heterocycles. The van der Waals surface area contributed by atoms with Gasteiger partial charge in [-0.2, -0.15) is 0 Å². The van der Waals surface area contributed by atoms with E-state index in [4.69, 9.17) is 16.3 Å². The fraction of sp³-hybridized carbons (Fsp3) is 0.600. The van der Waals surface area contributed by atoms with Crippen LogP contribution in [0.1, 0.15) is 13.3 Å². The molecule has 0 radical (unpaired) electrons. The predicted molar refractivity (Wildman–Crippen MR) is 59.3 cm³/mol. The average Bonchev–Trinajstić information content (AvgIpc) is 2.30. The molecule has 1 aromatic rings. The van der Waals surface area contributed by atoms with Gasteiger partial charge in [0.05, 0.1) is 12.7 Å². The number of halogens is 1. The molecule has 1 aromatic heterocycles. The van der Waals surface area contributed by atoms with Gasteiger partial charge in [-0.05, 0) is 6.42 Å². The summed E-state index contributed by atoms with van der Waals surface area (Å²) in [4.78, 5) is 10.4. The van der Waals surface area contributed by atoms with E-state index in [0.29, 0.717) is 5.15 Å². The van der Waals surface area contributed by atoms with Gasteiger partial charge in [0, 0.05) is 25.5 Å². The second kappa shape index (κ2) is 4.77. The molecule has 1 unspecified atom stereocenters. The second-order valence-corrected chi connectivity index (χ2v) is 3.88. The smallest absolute Gasteiger partial charge is 0.171 e. The molecule has 0 bridgehead atoms. The van der Waals surface area contributed by atoms with Gasteiger partial charge in [-0.25, -0.2) is 9.97 Å². The highest BCUT2D eigenvalue weighted by atomic mass is 35.5. The molecule has 0 N–H and O–H groups in total. The molecule has 5 heteroatoms. The lowest BCUT2D eigenvalue weighted by molar-refractivity contribution is 0.0381. The van der Waals surface area contributed by atoms with Gasteiger partial charge < -0.3 is 9.64 Å². The molecule has 2 heterocycles. The van der Waals surface area contributed by atoms with Crippen molar-refractivity contribution in [1.82, 2.24) is 9.97 Å². The van der Waals surface area contributed by atoms with Gasteiger partial charge in [-0.1, -0.05) is 18.5 Å². The number of ether oxygens (including phenoxy) is 1. The van der Waals surface area contributed by atoms with Crippen LogP contribution in [0, 0.1) is 0 Å². The van der Waals surface area contributed by atoms with Gasteiger partial charge in [-0.15, -0.1) is 0 Å². The van der Waals surface area contributed by atoms with E-state index in [1.54, 1.807) is 12.4 Å². The number of rotatable bonds is 2. The van der Waals surface area contributed by atoms with E-state index in [9.17, 15) is 0 Å². The summed E-state index contributed by atoms with van der Waals surface area (Å²) in [5.41, 5.74) is 0. The highest BCUT2D eigenvalue weighted by Gasteiger charge is 2.21. The third-order valence-corrected chi connectivity index (χ3v) is 2.80. The number of aromatic nitrogens is 2. The number of hydrogen-bond acceptors (Lipinski definition) is 4. The Morgan fingerprint density at radius 3 is 3.07 bits per heavy atom. The fourth-order valence-electron chi connectivity index (χ4n) is 1.68. The largest absolute Gasteiger partial charge is 0.375 e. The van der Waals surface area contributed by atoms with Crippen LogP contribution in [0.15, 0.2) is 12.4 Å². The zero-order valence-electron chi connectivity index (χ0n) is 8.69. The molecule has 1 aliphatic heterocycles. The third kappa shape index (κ3) is 2.38. The summed E-state index contributed by atoms with van der Waals surface area (Å²) in [6, 6.07) is 0. The van der Waals surface area contributed by atoms with E-state index < -0.39 is 0 Å². The standard InChI is InChI=1S/C10H14ClN3O/c1-2-8-7-14(5-6-15-8)10-9(11)12-3-4-13-10/h3-4,8H,2,5-7H2,1H3. The van der Waals surface area contributed by atoms with Crippen molar-refractivity contribution in [2.24, 2.45) is 0 Å². The maximum Gasteiger partial charge on any atom is 0.171 e. The Morgan fingerprint density at radius 2 is 2.33 bits per heavy atom. The maximum absolute atomic E-state index is 5.99. The maximum atomic E-state index is 5.99. The molecule has 82 valence electrons.